The standard InChI is InChI=1S/C14H18BrNO4S/c1-14(2)5-7-16(8-6-14)21(19,20)12-4-3-10(13(17)18)9-11(12)15/h3-4,9H,5-8H2,1-2H3,(H,17,18). The molecule has 2 rings (SSSR count). The number of rotatable bonds is 3. The number of hydrogen-bond donors (Lipinski definition) is 1. The number of benzene rings is 1. The topological polar surface area (TPSA) is 74.7 Å². The van der Waals surface area contributed by atoms with Crippen LogP contribution in [-0.4, -0.2) is 36.9 Å². The lowest BCUT2D eigenvalue weighted by Crippen LogP contribution is -2.41. The predicted octanol–water partition coefficient (Wildman–Crippen LogP) is 2.96. The van der Waals surface area contributed by atoms with E-state index >= 15 is 0 Å². The van der Waals surface area contributed by atoms with Crippen LogP contribution >= 0.6 is 15.9 Å². The van der Waals surface area contributed by atoms with Crippen LogP contribution < -0.4 is 0 Å². The Kier molecular flexibility index (Phi) is 4.46. The first-order valence-corrected chi connectivity index (χ1v) is 8.90. The number of carboxylic acids is 1. The molecule has 1 fully saturated rings. The van der Waals surface area contributed by atoms with Gasteiger partial charge in [0.15, 0.2) is 0 Å². The van der Waals surface area contributed by atoms with Crippen molar-refractivity contribution >= 4 is 31.9 Å². The van der Waals surface area contributed by atoms with Gasteiger partial charge in [0.2, 0.25) is 10.0 Å². The van der Waals surface area contributed by atoms with E-state index in [1.54, 1.807) is 0 Å². The van der Waals surface area contributed by atoms with Crippen LogP contribution in [0.25, 0.3) is 0 Å². The molecule has 0 spiro atoms. The highest BCUT2D eigenvalue weighted by Gasteiger charge is 2.33. The molecule has 0 bridgehead atoms. The Hall–Kier alpha value is -0.920. The zero-order valence-corrected chi connectivity index (χ0v) is 14.4. The Labute approximate surface area is 133 Å². The first kappa shape index (κ1) is 16.5. The van der Waals surface area contributed by atoms with Crippen LogP contribution in [0.4, 0.5) is 0 Å². The quantitative estimate of drug-likeness (QED) is 0.880. The van der Waals surface area contributed by atoms with Gasteiger partial charge >= 0.3 is 5.97 Å². The minimum atomic E-state index is -3.59. The molecule has 1 saturated heterocycles. The normalized spacial score (nSPS) is 19.4. The lowest BCUT2D eigenvalue weighted by Gasteiger charge is -2.36. The molecule has 0 saturated carbocycles. The number of nitrogens with zero attached hydrogens (tertiary/aromatic N) is 1. The number of piperidine rings is 1. The summed E-state index contributed by atoms with van der Waals surface area (Å²) in [5, 5.41) is 8.93. The van der Waals surface area contributed by atoms with Crippen LogP contribution in [0, 0.1) is 5.41 Å². The van der Waals surface area contributed by atoms with Crippen molar-refractivity contribution in [1.82, 2.24) is 4.31 Å². The van der Waals surface area contributed by atoms with E-state index in [4.69, 9.17) is 5.11 Å². The molecular weight excluding hydrogens is 358 g/mol. The van der Waals surface area contributed by atoms with Crippen molar-refractivity contribution in [2.45, 2.75) is 31.6 Å². The van der Waals surface area contributed by atoms with Crippen molar-refractivity contribution in [2.24, 2.45) is 5.41 Å². The zero-order chi connectivity index (χ0) is 15.8. The molecular formula is C14H18BrNO4S. The summed E-state index contributed by atoms with van der Waals surface area (Å²) >= 11 is 3.17. The van der Waals surface area contributed by atoms with E-state index in [0.717, 1.165) is 12.8 Å². The maximum atomic E-state index is 12.6. The second kappa shape index (κ2) is 5.70. The molecule has 5 nitrogen and oxygen atoms in total. The van der Waals surface area contributed by atoms with Gasteiger partial charge in [-0.15, -0.1) is 0 Å². The molecule has 0 radical (unpaired) electrons. The molecule has 0 aliphatic carbocycles. The molecule has 116 valence electrons. The average Bonchev–Trinajstić information content (AvgIpc) is 2.37. The third-order valence-corrected chi connectivity index (χ3v) is 6.75. The number of halogens is 1. The number of carbonyl (C=O) groups is 1. The second-order valence-electron chi connectivity index (χ2n) is 6.02. The van der Waals surface area contributed by atoms with Gasteiger partial charge in [-0.05, 0) is 52.4 Å². The average molecular weight is 376 g/mol. The highest BCUT2D eigenvalue weighted by atomic mass is 79.9. The summed E-state index contributed by atoms with van der Waals surface area (Å²) in [7, 11) is -3.59. The van der Waals surface area contributed by atoms with Gasteiger partial charge in [0.25, 0.3) is 0 Å². The van der Waals surface area contributed by atoms with E-state index in [9.17, 15) is 13.2 Å². The Balaban J connectivity index is 2.30. The van der Waals surface area contributed by atoms with Crippen molar-refractivity contribution in [1.29, 1.82) is 0 Å². The van der Waals surface area contributed by atoms with E-state index in [1.165, 1.54) is 22.5 Å². The Morgan fingerprint density at radius 3 is 2.33 bits per heavy atom. The maximum absolute atomic E-state index is 12.6. The SMILES string of the molecule is CC1(C)CCN(S(=O)(=O)c2ccc(C(=O)O)cc2Br)CC1. The van der Waals surface area contributed by atoms with Crippen LogP contribution in [-0.2, 0) is 10.0 Å². The molecule has 1 aromatic carbocycles. The number of hydrogen-bond acceptors (Lipinski definition) is 3. The minimum absolute atomic E-state index is 0.0561. The first-order valence-electron chi connectivity index (χ1n) is 6.66. The molecule has 7 heteroatoms. The van der Waals surface area contributed by atoms with Crippen LogP contribution in [0.5, 0.6) is 0 Å². The Bertz CT molecular complexity index is 660. The predicted molar refractivity (Wildman–Crippen MR) is 82.9 cm³/mol. The number of carboxylic acid groups (broad SMARTS) is 1. The van der Waals surface area contributed by atoms with Gasteiger partial charge in [-0.25, -0.2) is 13.2 Å². The first-order chi connectivity index (χ1) is 9.63. The maximum Gasteiger partial charge on any atom is 0.335 e. The molecule has 0 unspecified atom stereocenters. The molecule has 1 N–H and O–H groups in total. The Morgan fingerprint density at radius 1 is 1.29 bits per heavy atom. The molecule has 21 heavy (non-hydrogen) atoms. The molecule has 1 aliphatic rings. The Morgan fingerprint density at radius 2 is 1.86 bits per heavy atom. The summed E-state index contributed by atoms with van der Waals surface area (Å²) in [5.41, 5.74) is 0.219. The fourth-order valence-electron chi connectivity index (χ4n) is 2.31. The highest BCUT2D eigenvalue weighted by Crippen LogP contribution is 2.34. The van der Waals surface area contributed by atoms with E-state index in [2.05, 4.69) is 29.8 Å². The minimum Gasteiger partial charge on any atom is -0.478 e. The van der Waals surface area contributed by atoms with E-state index < -0.39 is 16.0 Å². The van der Waals surface area contributed by atoms with Crippen molar-refractivity contribution in [3.05, 3.63) is 28.2 Å². The monoisotopic (exact) mass is 375 g/mol. The molecule has 0 atom stereocenters. The molecule has 1 heterocycles. The van der Waals surface area contributed by atoms with Crippen LogP contribution in [0.15, 0.2) is 27.6 Å². The van der Waals surface area contributed by atoms with Gasteiger partial charge < -0.3 is 5.11 Å². The fourth-order valence-corrected chi connectivity index (χ4v) is 4.79. The van der Waals surface area contributed by atoms with E-state index in [-0.39, 0.29) is 20.3 Å². The summed E-state index contributed by atoms with van der Waals surface area (Å²) in [6.07, 6.45) is 1.63. The summed E-state index contributed by atoms with van der Waals surface area (Å²) in [5.74, 6) is -1.08. The van der Waals surface area contributed by atoms with Gasteiger partial charge in [0, 0.05) is 17.6 Å². The van der Waals surface area contributed by atoms with Gasteiger partial charge in [-0.2, -0.15) is 4.31 Å². The van der Waals surface area contributed by atoms with E-state index in [0.29, 0.717) is 13.1 Å². The van der Waals surface area contributed by atoms with Crippen molar-refractivity contribution < 1.29 is 18.3 Å². The summed E-state index contributed by atoms with van der Waals surface area (Å²) in [4.78, 5) is 11.0. The molecule has 0 aromatic heterocycles. The smallest absolute Gasteiger partial charge is 0.335 e. The summed E-state index contributed by atoms with van der Waals surface area (Å²) in [6.45, 7) is 5.24. The number of sulfonamides is 1. The van der Waals surface area contributed by atoms with Crippen molar-refractivity contribution in [3.63, 3.8) is 0 Å². The third-order valence-electron chi connectivity index (χ3n) is 3.87. The molecule has 1 aliphatic heterocycles. The summed E-state index contributed by atoms with van der Waals surface area (Å²) in [6, 6.07) is 3.99. The van der Waals surface area contributed by atoms with Gasteiger partial charge in [-0.1, -0.05) is 13.8 Å². The van der Waals surface area contributed by atoms with Gasteiger partial charge in [-0.3, -0.25) is 0 Å². The van der Waals surface area contributed by atoms with Crippen molar-refractivity contribution in [3.8, 4) is 0 Å². The molecule has 1 aromatic rings. The van der Waals surface area contributed by atoms with Gasteiger partial charge in [0.1, 0.15) is 0 Å². The lowest BCUT2D eigenvalue weighted by molar-refractivity contribution is 0.0696. The zero-order valence-electron chi connectivity index (χ0n) is 12.0. The van der Waals surface area contributed by atoms with Gasteiger partial charge in [0.05, 0.1) is 10.5 Å². The summed E-state index contributed by atoms with van der Waals surface area (Å²) < 4.78 is 27.1. The van der Waals surface area contributed by atoms with Crippen LogP contribution in [0.1, 0.15) is 37.0 Å². The lowest BCUT2D eigenvalue weighted by atomic mass is 9.83. The van der Waals surface area contributed by atoms with Crippen LogP contribution in [0.2, 0.25) is 0 Å². The highest BCUT2D eigenvalue weighted by molar-refractivity contribution is 9.10. The molecule has 0 amide bonds. The largest absolute Gasteiger partial charge is 0.478 e. The third kappa shape index (κ3) is 3.46. The number of aromatic carboxylic acids is 1. The van der Waals surface area contributed by atoms with Crippen molar-refractivity contribution in [2.75, 3.05) is 13.1 Å². The van der Waals surface area contributed by atoms with Crippen LogP contribution in [0.3, 0.4) is 0 Å². The van der Waals surface area contributed by atoms with E-state index in [1.807, 2.05) is 0 Å². The fraction of sp³-hybridized carbons (Fsp3) is 0.500. The second-order valence-corrected chi connectivity index (χ2v) is 8.78.